The lowest BCUT2D eigenvalue weighted by molar-refractivity contribution is -0.136. The van der Waals surface area contributed by atoms with Crippen LogP contribution in [0, 0.1) is 5.41 Å². The van der Waals surface area contributed by atoms with E-state index in [2.05, 4.69) is 5.43 Å². The summed E-state index contributed by atoms with van der Waals surface area (Å²) in [6.07, 6.45) is 12.6. The number of hydrazine groups is 1. The van der Waals surface area contributed by atoms with Crippen LogP contribution in [0.5, 0.6) is 17.2 Å². The Morgan fingerprint density at radius 2 is 1.62 bits per heavy atom. The van der Waals surface area contributed by atoms with E-state index in [-0.39, 0.29) is 18.0 Å². The summed E-state index contributed by atoms with van der Waals surface area (Å²) in [7, 11) is 3.29. The first-order chi connectivity index (χ1) is 16.4. The lowest BCUT2D eigenvalue weighted by Gasteiger charge is -2.24. The standard InChI is InChI=1S/C28H32N2O4/c1-28(2)26(29-30(27(28)31)22-9-7-5-6-8-10-22)21-13-16-24(33-4)25(19-21)34-18-17-20-11-14-23(32-3)15-12-20/h5-16,19,22,26,29H,17-18H2,1-4H3. The third kappa shape index (κ3) is 4.87. The zero-order valence-electron chi connectivity index (χ0n) is 20.2. The summed E-state index contributed by atoms with van der Waals surface area (Å²) in [5, 5.41) is 1.72. The molecule has 1 aliphatic heterocycles. The van der Waals surface area contributed by atoms with Gasteiger partial charge in [-0.1, -0.05) is 54.7 Å². The van der Waals surface area contributed by atoms with Crippen molar-refractivity contribution in [2.24, 2.45) is 5.41 Å². The third-order valence-electron chi connectivity index (χ3n) is 6.34. The molecule has 0 aromatic heterocycles. The quantitative estimate of drug-likeness (QED) is 0.614. The van der Waals surface area contributed by atoms with Crippen LogP contribution in [0.4, 0.5) is 0 Å². The van der Waals surface area contributed by atoms with Crippen LogP contribution in [0.25, 0.3) is 0 Å². The van der Waals surface area contributed by atoms with Crippen LogP contribution in [-0.4, -0.2) is 37.8 Å². The van der Waals surface area contributed by atoms with Crippen molar-refractivity contribution in [1.82, 2.24) is 10.4 Å². The summed E-state index contributed by atoms with van der Waals surface area (Å²) >= 11 is 0. The Hall–Kier alpha value is -3.51. The van der Waals surface area contributed by atoms with E-state index in [1.807, 2.05) is 92.8 Å². The molecule has 4 rings (SSSR count). The summed E-state index contributed by atoms with van der Waals surface area (Å²) in [5.74, 6) is 2.21. The van der Waals surface area contributed by atoms with Crippen LogP contribution >= 0.6 is 0 Å². The second-order valence-electron chi connectivity index (χ2n) is 8.96. The van der Waals surface area contributed by atoms with E-state index in [0.717, 1.165) is 23.3 Å². The van der Waals surface area contributed by atoms with E-state index >= 15 is 0 Å². The number of methoxy groups -OCH3 is 2. The van der Waals surface area contributed by atoms with E-state index in [1.54, 1.807) is 19.2 Å². The highest BCUT2D eigenvalue weighted by Crippen LogP contribution is 2.43. The molecule has 34 heavy (non-hydrogen) atoms. The number of carbonyl (C=O) groups is 1. The number of ether oxygens (including phenoxy) is 3. The molecule has 0 bridgehead atoms. The molecule has 1 N–H and O–H groups in total. The maximum absolute atomic E-state index is 13.3. The van der Waals surface area contributed by atoms with Gasteiger partial charge >= 0.3 is 0 Å². The van der Waals surface area contributed by atoms with Gasteiger partial charge < -0.3 is 14.2 Å². The number of amides is 1. The van der Waals surface area contributed by atoms with Crippen molar-refractivity contribution in [2.45, 2.75) is 32.4 Å². The van der Waals surface area contributed by atoms with Gasteiger partial charge in [-0.3, -0.25) is 9.80 Å². The summed E-state index contributed by atoms with van der Waals surface area (Å²) in [6.45, 7) is 4.46. The molecular weight excluding hydrogens is 428 g/mol. The molecule has 1 unspecified atom stereocenters. The van der Waals surface area contributed by atoms with Crippen molar-refractivity contribution in [3.05, 3.63) is 90.0 Å². The number of rotatable bonds is 8. The first-order valence-corrected chi connectivity index (χ1v) is 11.5. The number of hydrogen-bond acceptors (Lipinski definition) is 5. The van der Waals surface area contributed by atoms with E-state index in [1.165, 1.54) is 0 Å². The van der Waals surface area contributed by atoms with Crippen LogP contribution in [0.15, 0.2) is 78.9 Å². The van der Waals surface area contributed by atoms with E-state index in [0.29, 0.717) is 18.1 Å². The number of nitrogens with one attached hydrogen (secondary N) is 1. The summed E-state index contributed by atoms with van der Waals surface area (Å²) in [4.78, 5) is 13.3. The van der Waals surface area contributed by atoms with Crippen LogP contribution < -0.4 is 19.6 Å². The topological polar surface area (TPSA) is 60.0 Å². The lowest BCUT2D eigenvalue weighted by atomic mass is 9.81. The molecule has 2 aliphatic rings. The fourth-order valence-electron chi connectivity index (χ4n) is 4.28. The molecule has 6 heteroatoms. The second kappa shape index (κ2) is 10.2. The Kier molecular flexibility index (Phi) is 7.08. The van der Waals surface area contributed by atoms with Gasteiger partial charge in [-0.2, -0.15) is 0 Å². The molecule has 1 saturated heterocycles. The van der Waals surface area contributed by atoms with Crippen LogP contribution in [0.3, 0.4) is 0 Å². The molecule has 1 amide bonds. The minimum Gasteiger partial charge on any atom is -0.497 e. The van der Waals surface area contributed by atoms with Crippen molar-refractivity contribution in [2.75, 3.05) is 20.8 Å². The number of nitrogens with zero attached hydrogens (tertiary/aromatic N) is 1. The van der Waals surface area contributed by atoms with Gasteiger partial charge in [-0.15, -0.1) is 0 Å². The Morgan fingerprint density at radius 3 is 2.26 bits per heavy atom. The van der Waals surface area contributed by atoms with E-state index < -0.39 is 5.41 Å². The van der Waals surface area contributed by atoms with Crippen molar-refractivity contribution in [3.63, 3.8) is 0 Å². The molecule has 2 aromatic rings. The zero-order chi connectivity index (χ0) is 24.1. The molecule has 1 aliphatic carbocycles. The molecule has 0 saturated carbocycles. The molecule has 0 spiro atoms. The van der Waals surface area contributed by atoms with Crippen molar-refractivity contribution >= 4 is 5.91 Å². The largest absolute Gasteiger partial charge is 0.497 e. The Balaban J connectivity index is 1.51. The molecule has 6 nitrogen and oxygen atoms in total. The third-order valence-corrected chi connectivity index (χ3v) is 6.34. The average molecular weight is 461 g/mol. The number of hydrogen-bond donors (Lipinski definition) is 1. The van der Waals surface area contributed by atoms with Gasteiger partial charge in [0, 0.05) is 6.42 Å². The highest BCUT2D eigenvalue weighted by atomic mass is 16.5. The second-order valence-corrected chi connectivity index (χ2v) is 8.96. The number of carbonyl (C=O) groups excluding carboxylic acids is 1. The molecule has 1 atom stereocenters. The number of benzene rings is 2. The van der Waals surface area contributed by atoms with Crippen LogP contribution in [-0.2, 0) is 11.2 Å². The van der Waals surface area contributed by atoms with Gasteiger partial charge in [0.15, 0.2) is 11.5 Å². The zero-order valence-corrected chi connectivity index (χ0v) is 20.2. The van der Waals surface area contributed by atoms with E-state index in [9.17, 15) is 4.79 Å². The summed E-state index contributed by atoms with van der Waals surface area (Å²) in [5.41, 5.74) is 4.95. The van der Waals surface area contributed by atoms with Crippen molar-refractivity contribution in [1.29, 1.82) is 0 Å². The van der Waals surface area contributed by atoms with Gasteiger partial charge in [-0.05, 0) is 49.2 Å². The lowest BCUT2D eigenvalue weighted by Crippen LogP contribution is -2.42. The molecule has 178 valence electrons. The Bertz CT molecular complexity index is 1090. The Morgan fingerprint density at radius 1 is 0.912 bits per heavy atom. The van der Waals surface area contributed by atoms with Crippen LogP contribution in [0.2, 0.25) is 0 Å². The SMILES string of the molecule is COc1ccc(CCOc2cc(C3NN(C4C=CC=CC=C4)C(=O)C3(C)C)ccc2OC)cc1. The molecule has 1 heterocycles. The van der Waals surface area contributed by atoms with Gasteiger partial charge in [-0.25, -0.2) is 5.43 Å². The molecule has 2 aromatic carbocycles. The highest BCUT2D eigenvalue weighted by molar-refractivity contribution is 5.85. The number of allylic oxidation sites excluding steroid dienone is 4. The van der Waals surface area contributed by atoms with Crippen molar-refractivity contribution in [3.8, 4) is 17.2 Å². The normalized spacial score (nSPS) is 19.4. The smallest absolute Gasteiger partial charge is 0.245 e. The molecule has 1 fully saturated rings. The first-order valence-electron chi connectivity index (χ1n) is 11.5. The maximum atomic E-state index is 13.3. The Labute approximate surface area is 201 Å². The predicted octanol–water partition coefficient (Wildman–Crippen LogP) is 4.79. The average Bonchev–Trinajstić information content (AvgIpc) is 3.02. The van der Waals surface area contributed by atoms with E-state index in [4.69, 9.17) is 14.2 Å². The van der Waals surface area contributed by atoms with Gasteiger partial charge in [0.25, 0.3) is 0 Å². The fourth-order valence-corrected chi connectivity index (χ4v) is 4.28. The molecular formula is C28H32N2O4. The monoisotopic (exact) mass is 460 g/mol. The first kappa shape index (κ1) is 23.6. The molecule has 0 radical (unpaired) electrons. The van der Waals surface area contributed by atoms with Gasteiger partial charge in [0.05, 0.1) is 38.3 Å². The predicted molar refractivity (Wildman–Crippen MR) is 133 cm³/mol. The van der Waals surface area contributed by atoms with Crippen LogP contribution in [0.1, 0.15) is 31.0 Å². The van der Waals surface area contributed by atoms with Crippen molar-refractivity contribution < 1.29 is 19.0 Å². The van der Waals surface area contributed by atoms with Gasteiger partial charge in [0.1, 0.15) is 5.75 Å². The highest BCUT2D eigenvalue weighted by Gasteiger charge is 2.49. The maximum Gasteiger partial charge on any atom is 0.245 e. The minimum absolute atomic E-state index is 0.0523. The van der Waals surface area contributed by atoms with Gasteiger partial charge in [0.2, 0.25) is 5.91 Å². The summed E-state index contributed by atoms with van der Waals surface area (Å²) < 4.78 is 16.9. The minimum atomic E-state index is -0.629. The summed E-state index contributed by atoms with van der Waals surface area (Å²) in [6, 6.07) is 13.5. The fraction of sp³-hybridized carbons (Fsp3) is 0.321.